The lowest BCUT2D eigenvalue weighted by atomic mass is 10.2. The van der Waals surface area contributed by atoms with Gasteiger partial charge in [-0.15, -0.1) is 0 Å². The van der Waals surface area contributed by atoms with E-state index in [1.807, 2.05) is 19.1 Å². The Kier molecular flexibility index (Phi) is 3.21. The van der Waals surface area contributed by atoms with Crippen LogP contribution in [0.1, 0.15) is 29.1 Å². The molecule has 5 nitrogen and oxygen atoms in total. The molecule has 1 unspecified atom stereocenters. The van der Waals surface area contributed by atoms with Crippen LogP contribution in [0.4, 0.5) is 0 Å². The van der Waals surface area contributed by atoms with Gasteiger partial charge in [-0.3, -0.25) is 4.79 Å². The molecular formula is C14H17N3O2. The maximum Gasteiger partial charge on any atom is 0.287 e. The van der Waals surface area contributed by atoms with Crippen LogP contribution in [0.5, 0.6) is 0 Å². The fraction of sp³-hybridized carbons (Fsp3) is 0.429. The molecule has 0 bridgehead atoms. The molecule has 1 saturated heterocycles. The van der Waals surface area contributed by atoms with Gasteiger partial charge in [0, 0.05) is 24.3 Å². The van der Waals surface area contributed by atoms with Crippen molar-refractivity contribution in [3.8, 4) is 0 Å². The molecular weight excluding hydrogens is 242 g/mol. The fourth-order valence-electron chi connectivity index (χ4n) is 2.37. The van der Waals surface area contributed by atoms with Crippen molar-refractivity contribution in [1.29, 1.82) is 0 Å². The van der Waals surface area contributed by atoms with Gasteiger partial charge in [-0.05, 0) is 38.4 Å². The van der Waals surface area contributed by atoms with Gasteiger partial charge in [0.2, 0.25) is 0 Å². The van der Waals surface area contributed by atoms with E-state index in [4.69, 9.17) is 4.42 Å². The van der Waals surface area contributed by atoms with E-state index in [9.17, 15) is 4.79 Å². The van der Waals surface area contributed by atoms with E-state index in [2.05, 4.69) is 15.6 Å². The number of nitrogens with zero attached hydrogens (tertiary/aromatic N) is 1. The summed E-state index contributed by atoms with van der Waals surface area (Å²) in [6.45, 7) is 3.59. The van der Waals surface area contributed by atoms with Gasteiger partial charge in [0.05, 0.1) is 0 Å². The molecule has 1 aliphatic heterocycles. The molecule has 1 amide bonds. The number of hydrogen-bond acceptors (Lipinski definition) is 4. The first-order chi connectivity index (χ1) is 9.22. The fourth-order valence-corrected chi connectivity index (χ4v) is 2.37. The summed E-state index contributed by atoms with van der Waals surface area (Å²) in [5.74, 6) is 0.149. The molecule has 2 N–H and O–H groups in total. The van der Waals surface area contributed by atoms with Crippen LogP contribution in [0.2, 0.25) is 0 Å². The topological polar surface area (TPSA) is 67.2 Å². The van der Waals surface area contributed by atoms with Crippen molar-refractivity contribution in [1.82, 2.24) is 15.6 Å². The Labute approximate surface area is 111 Å². The van der Waals surface area contributed by atoms with Gasteiger partial charge in [-0.1, -0.05) is 0 Å². The van der Waals surface area contributed by atoms with Crippen LogP contribution in [0, 0.1) is 6.92 Å². The third-order valence-electron chi connectivity index (χ3n) is 3.41. The summed E-state index contributed by atoms with van der Waals surface area (Å²) < 4.78 is 5.51. The molecule has 0 saturated carbocycles. The highest BCUT2D eigenvalue weighted by Gasteiger charge is 2.17. The van der Waals surface area contributed by atoms with E-state index in [0.29, 0.717) is 23.9 Å². The lowest BCUT2D eigenvalue weighted by Crippen LogP contribution is -2.37. The average molecular weight is 259 g/mol. The van der Waals surface area contributed by atoms with E-state index in [1.165, 1.54) is 6.42 Å². The Morgan fingerprint density at radius 3 is 3.26 bits per heavy atom. The van der Waals surface area contributed by atoms with Crippen molar-refractivity contribution in [2.45, 2.75) is 25.8 Å². The molecule has 5 heteroatoms. The monoisotopic (exact) mass is 259 g/mol. The van der Waals surface area contributed by atoms with Gasteiger partial charge < -0.3 is 15.1 Å². The Hall–Kier alpha value is -1.88. The van der Waals surface area contributed by atoms with Crippen LogP contribution in [-0.4, -0.2) is 30.0 Å². The van der Waals surface area contributed by atoms with E-state index in [1.54, 1.807) is 6.07 Å². The number of fused-ring (bicyclic) bond motifs is 1. The third kappa shape index (κ3) is 2.61. The second-order valence-electron chi connectivity index (χ2n) is 4.95. The van der Waals surface area contributed by atoms with Gasteiger partial charge >= 0.3 is 0 Å². The number of carbonyl (C=O) groups is 1. The number of carbonyl (C=O) groups excluding carboxylic acids is 1. The van der Waals surface area contributed by atoms with E-state index >= 15 is 0 Å². The van der Waals surface area contributed by atoms with Crippen molar-refractivity contribution in [2.24, 2.45) is 0 Å². The number of rotatable bonds is 3. The highest BCUT2D eigenvalue weighted by atomic mass is 16.3. The van der Waals surface area contributed by atoms with Crippen LogP contribution in [-0.2, 0) is 0 Å². The Morgan fingerprint density at radius 2 is 2.47 bits per heavy atom. The number of hydrogen-bond donors (Lipinski definition) is 2. The van der Waals surface area contributed by atoms with Crippen molar-refractivity contribution in [3.05, 3.63) is 29.7 Å². The molecule has 19 heavy (non-hydrogen) atoms. The highest BCUT2D eigenvalue weighted by Crippen LogP contribution is 2.17. The van der Waals surface area contributed by atoms with Gasteiger partial charge in [0.25, 0.3) is 5.91 Å². The van der Waals surface area contributed by atoms with E-state index < -0.39 is 0 Å². The number of aromatic nitrogens is 1. The maximum atomic E-state index is 12.0. The molecule has 3 rings (SSSR count). The van der Waals surface area contributed by atoms with E-state index in [-0.39, 0.29) is 5.91 Å². The molecule has 1 atom stereocenters. The first kappa shape index (κ1) is 12.2. The van der Waals surface area contributed by atoms with Crippen LogP contribution in [0.25, 0.3) is 11.1 Å². The zero-order chi connectivity index (χ0) is 13.2. The molecule has 2 aromatic rings. The molecule has 100 valence electrons. The average Bonchev–Trinajstić information content (AvgIpc) is 3.04. The summed E-state index contributed by atoms with van der Waals surface area (Å²) in [5, 5.41) is 6.23. The van der Waals surface area contributed by atoms with Crippen LogP contribution < -0.4 is 10.6 Å². The number of pyridine rings is 1. The minimum Gasteiger partial charge on any atom is -0.449 e. The normalized spacial score (nSPS) is 18.9. The van der Waals surface area contributed by atoms with Crippen LogP contribution >= 0.6 is 0 Å². The minimum atomic E-state index is -0.177. The quantitative estimate of drug-likeness (QED) is 0.879. The standard InChI is InChI=1S/C14H17N3O2/c1-9-4-5-12-11(17-9)7-13(19-12)14(18)16-8-10-3-2-6-15-10/h4-5,7,10,15H,2-3,6,8H2,1H3,(H,16,18). The zero-order valence-corrected chi connectivity index (χ0v) is 10.9. The molecule has 0 spiro atoms. The summed E-state index contributed by atoms with van der Waals surface area (Å²) in [6.07, 6.45) is 2.29. The first-order valence-electron chi connectivity index (χ1n) is 6.61. The third-order valence-corrected chi connectivity index (χ3v) is 3.41. The minimum absolute atomic E-state index is 0.177. The predicted octanol–water partition coefficient (Wildman–Crippen LogP) is 1.62. The Balaban J connectivity index is 1.70. The van der Waals surface area contributed by atoms with Gasteiger partial charge in [-0.25, -0.2) is 4.98 Å². The SMILES string of the molecule is Cc1ccc2oc(C(=O)NCC3CCCN3)cc2n1. The molecule has 2 aromatic heterocycles. The van der Waals surface area contributed by atoms with Crippen molar-refractivity contribution >= 4 is 17.0 Å². The summed E-state index contributed by atoms with van der Waals surface area (Å²) in [6, 6.07) is 5.79. The van der Waals surface area contributed by atoms with Crippen LogP contribution in [0.15, 0.2) is 22.6 Å². The van der Waals surface area contributed by atoms with Crippen molar-refractivity contribution < 1.29 is 9.21 Å². The van der Waals surface area contributed by atoms with Crippen molar-refractivity contribution in [3.63, 3.8) is 0 Å². The molecule has 0 radical (unpaired) electrons. The second-order valence-corrected chi connectivity index (χ2v) is 4.95. The molecule has 0 aromatic carbocycles. The number of aryl methyl sites for hydroxylation is 1. The largest absolute Gasteiger partial charge is 0.449 e. The summed E-state index contributed by atoms with van der Waals surface area (Å²) in [5.41, 5.74) is 2.29. The number of nitrogens with one attached hydrogen (secondary N) is 2. The van der Waals surface area contributed by atoms with Gasteiger partial charge in [0.15, 0.2) is 11.3 Å². The summed E-state index contributed by atoms with van der Waals surface area (Å²) in [7, 11) is 0. The van der Waals surface area contributed by atoms with Crippen LogP contribution in [0.3, 0.4) is 0 Å². The Bertz CT molecular complexity index is 600. The zero-order valence-electron chi connectivity index (χ0n) is 10.9. The number of amides is 1. The molecule has 0 aliphatic carbocycles. The lowest BCUT2D eigenvalue weighted by Gasteiger charge is -2.09. The Morgan fingerprint density at radius 1 is 1.58 bits per heavy atom. The number of furan rings is 1. The first-order valence-corrected chi connectivity index (χ1v) is 6.61. The molecule has 1 fully saturated rings. The molecule has 1 aliphatic rings. The molecule has 3 heterocycles. The summed E-state index contributed by atoms with van der Waals surface area (Å²) in [4.78, 5) is 16.3. The maximum absolute atomic E-state index is 12.0. The van der Waals surface area contributed by atoms with Gasteiger partial charge in [-0.2, -0.15) is 0 Å². The van der Waals surface area contributed by atoms with Gasteiger partial charge in [0.1, 0.15) is 5.52 Å². The lowest BCUT2D eigenvalue weighted by molar-refractivity contribution is 0.0925. The smallest absolute Gasteiger partial charge is 0.287 e. The second kappa shape index (κ2) is 5.01. The summed E-state index contributed by atoms with van der Waals surface area (Å²) >= 11 is 0. The predicted molar refractivity (Wildman–Crippen MR) is 72.1 cm³/mol. The highest BCUT2D eigenvalue weighted by molar-refractivity contribution is 5.95. The van der Waals surface area contributed by atoms with E-state index in [0.717, 1.165) is 24.2 Å². The van der Waals surface area contributed by atoms with Crippen molar-refractivity contribution in [2.75, 3.05) is 13.1 Å².